The van der Waals surface area contributed by atoms with Gasteiger partial charge < -0.3 is 15.2 Å². The molecule has 1 aliphatic heterocycles. The Morgan fingerprint density at radius 3 is 3.10 bits per heavy atom. The monoisotopic (exact) mass is 271 g/mol. The summed E-state index contributed by atoms with van der Waals surface area (Å²) in [4.78, 5) is 23.3. The smallest absolute Gasteiger partial charge is 0.251 e. The van der Waals surface area contributed by atoms with Crippen molar-refractivity contribution in [3.8, 4) is 0 Å². The number of amides is 2. The molecule has 1 aliphatic rings. The molecule has 2 heterocycles. The van der Waals surface area contributed by atoms with E-state index < -0.39 is 0 Å². The van der Waals surface area contributed by atoms with E-state index in [1.54, 1.807) is 29.1 Å². The van der Waals surface area contributed by atoms with E-state index in [1.165, 1.54) is 0 Å². The summed E-state index contributed by atoms with van der Waals surface area (Å²) < 4.78 is 1.74. The van der Waals surface area contributed by atoms with Crippen molar-refractivity contribution < 1.29 is 9.59 Å². The molecule has 7 heteroatoms. The quantitative estimate of drug-likeness (QED) is 0.837. The molecular formula is C13H13N5O2. The van der Waals surface area contributed by atoms with Crippen molar-refractivity contribution in [1.29, 1.82) is 0 Å². The summed E-state index contributed by atoms with van der Waals surface area (Å²) in [7, 11) is 1.81. The highest BCUT2D eigenvalue weighted by molar-refractivity contribution is 6.02. The number of benzene rings is 1. The summed E-state index contributed by atoms with van der Waals surface area (Å²) in [5.41, 5.74) is 2.13. The second-order valence-electron chi connectivity index (χ2n) is 4.64. The molecule has 102 valence electrons. The predicted octanol–water partition coefficient (Wildman–Crippen LogP) is 0.240. The van der Waals surface area contributed by atoms with Gasteiger partial charge in [0.25, 0.3) is 5.91 Å². The van der Waals surface area contributed by atoms with Gasteiger partial charge in [-0.05, 0) is 17.7 Å². The molecule has 0 bridgehead atoms. The average molecular weight is 271 g/mol. The third-order valence-electron chi connectivity index (χ3n) is 3.21. The van der Waals surface area contributed by atoms with Crippen LogP contribution in [0.2, 0.25) is 0 Å². The van der Waals surface area contributed by atoms with Gasteiger partial charge in [0.05, 0.1) is 13.0 Å². The number of carbonyl (C=O) groups excluding carboxylic acids is 2. The van der Waals surface area contributed by atoms with Crippen molar-refractivity contribution in [1.82, 2.24) is 20.1 Å². The number of hydrogen-bond donors (Lipinski definition) is 2. The maximum Gasteiger partial charge on any atom is 0.251 e. The second-order valence-corrected chi connectivity index (χ2v) is 4.64. The van der Waals surface area contributed by atoms with Crippen LogP contribution in [0.5, 0.6) is 0 Å². The molecule has 2 amide bonds. The van der Waals surface area contributed by atoms with Crippen LogP contribution in [0.4, 0.5) is 5.69 Å². The van der Waals surface area contributed by atoms with Crippen LogP contribution in [0.15, 0.2) is 24.5 Å². The first kappa shape index (κ1) is 12.3. The maximum absolute atomic E-state index is 12.1. The van der Waals surface area contributed by atoms with Crippen molar-refractivity contribution >= 4 is 17.5 Å². The lowest BCUT2D eigenvalue weighted by Gasteiger charge is -2.06. The third-order valence-corrected chi connectivity index (χ3v) is 3.21. The van der Waals surface area contributed by atoms with Crippen LogP contribution in [0, 0.1) is 0 Å². The molecule has 2 aromatic rings. The summed E-state index contributed by atoms with van der Waals surface area (Å²) in [5.74, 6) is 0.418. The van der Waals surface area contributed by atoms with Gasteiger partial charge in [-0.25, -0.2) is 0 Å². The first-order chi connectivity index (χ1) is 9.63. The summed E-state index contributed by atoms with van der Waals surface area (Å²) >= 11 is 0. The van der Waals surface area contributed by atoms with Crippen molar-refractivity contribution in [3.05, 3.63) is 41.5 Å². The Balaban J connectivity index is 1.70. The molecule has 1 aromatic carbocycles. The lowest BCUT2D eigenvalue weighted by molar-refractivity contribution is -0.115. The van der Waals surface area contributed by atoms with Crippen molar-refractivity contribution in [2.75, 3.05) is 5.32 Å². The highest BCUT2D eigenvalue weighted by Gasteiger charge is 2.19. The number of fused-ring (bicyclic) bond motifs is 1. The Morgan fingerprint density at radius 1 is 1.50 bits per heavy atom. The number of nitrogens with one attached hydrogen (secondary N) is 2. The Bertz CT molecular complexity index is 692. The zero-order valence-electron chi connectivity index (χ0n) is 10.9. The van der Waals surface area contributed by atoms with Crippen molar-refractivity contribution in [3.63, 3.8) is 0 Å². The van der Waals surface area contributed by atoms with E-state index in [2.05, 4.69) is 20.8 Å². The fourth-order valence-corrected chi connectivity index (χ4v) is 2.08. The molecule has 2 N–H and O–H groups in total. The summed E-state index contributed by atoms with van der Waals surface area (Å²) in [6.07, 6.45) is 1.95. The van der Waals surface area contributed by atoms with Gasteiger partial charge in [0.15, 0.2) is 5.82 Å². The average Bonchev–Trinajstić information content (AvgIpc) is 2.99. The molecule has 7 nitrogen and oxygen atoms in total. The van der Waals surface area contributed by atoms with E-state index in [4.69, 9.17) is 0 Å². The van der Waals surface area contributed by atoms with Gasteiger partial charge in [0, 0.05) is 18.3 Å². The molecular weight excluding hydrogens is 258 g/mol. The van der Waals surface area contributed by atoms with E-state index >= 15 is 0 Å². The van der Waals surface area contributed by atoms with Gasteiger partial charge in [-0.3, -0.25) is 9.59 Å². The molecule has 0 spiro atoms. The highest BCUT2D eigenvalue weighted by Crippen LogP contribution is 2.23. The van der Waals surface area contributed by atoms with Gasteiger partial charge in [-0.2, -0.15) is 0 Å². The minimum atomic E-state index is -0.211. The van der Waals surface area contributed by atoms with Crippen molar-refractivity contribution in [2.24, 2.45) is 7.05 Å². The molecule has 1 aromatic heterocycles. The maximum atomic E-state index is 12.1. The number of rotatable bonds is 3. The van der Waals surface area contributed by atoms with E-state index in [0.717, 1.165) is 5.56 Å². The number of aromatic nitrogens is 3. The Labute approximate surface area is 115 Å². The zero-order valence-corrected chi connectivity index (χ0v) is 10.9. The third kappa shape index (κ3) is 2.25. The van der Waals surface area contributed by atoms with Crippen LogP contribution < -0.4 is 10.6 Å². The molecule has 0 saturated heterocycles. The van der Waals surface area contributed by atoms with Gasteiger partial charge >= 0.3 is 0 Å². The van der Waals surface area contributed by atoms with E-state index in [0.29, 0.717) is 30.0 Å². The number of carbonyl (C=O) groups is 2. The summed E-state index contributed by atoms with van der Waals surface area (Å²) in [6, 6.07) is 5.20. The number of anilines is 1. The van der Waals surface area contributed by atoms with Gasteiger partial charge in [-0.15, -0.1) is 10.2 Å². The van der Waals surface area contributed by atoms with E-state index in [9.17, 15) is 9.59 Å². The Morgan fingerprint density at radius 2 is 2.35 bits per heavy atom. The Hall–Kier alpha value is -2.70. The summed E-state index contributed by atoms with van der Waals surface area (Å²) in [6.45, 7) is 0.304. The molecule has 0 fully saturated rings. The van der Waals surface area contributed by atoms with E-state index in [-0.39, 0.29) is 11.8 Å². The fraction of sp³-hybridized carbons (Fsp3) is 0.231. The lowest BCUT2D eigenvalue weighted by atomic mass is 10.1. The molecule has 0 aliphatic carbocycles. The number of aryl methyl sites for hydroxylation is 1. The van der Waals surface area contributed by atoms with E-state index in [1.807, 2.05) is 7.05 Å². The molecule has 0 saturated carbocycles. The topological polar surface area (TPSA) is 88.9 Å². The minimum Gasteiger partial charge on any atom is -0.345 e. The molecule has 0 atom stereocenters. The van der Waals surface area contributed by atoms with Gasteiger partial charge in [0.1, 0.15) is 6.33 Å². The normalized spacial score (nSPS) is 12.9. The van der Waals surface area contributed by atoms with Crippen LogP contribution in [-0.4, -0.2) is 26.6 Å². The minimum absolute atomic E-state index is 0.0448. The zero-order chi connectivity index (χ0) is 14.1. The first-order valence-electron chi connectivity index (χ1n) is 6.17. The number of hydrogen-bond acceptors (Lipinski definition) is 4. The Kier molecular flexibility index (Phi) is 2.94. The molecule has 20 heavy (non-hydrogen) atoms. The SMILES string of the molecule is Cn1cnnc1CNC(=O)c1ccc2c(c1)NC(=O)C2. The highest BCUT2D eigenvalue weighted by atomic mass is 16.2. The van der Waals surface area contributed by atoms with Gasteiger partial charge in [-0.1, -0.05) is 6.07 Å². The largest absolute Gasteiger partial charge is 0.345 e. The molecule has 0 radical (unpaired) electrons. The standard InChI is InChI=1S/C13H13N5O2/c1-18-7-15-17-11(18)6-14-13(20)9-3-2-8-5-12(19)16-10(8)4-9/h2-4,7H,5-6H2,1H3,(H,14,20)(H,16,19). The molecule has 3 rings (SSSR count). The summed E-state index contributed by atoms with van der Waals surface area (Å²) in [5, 5.41) is 13.1. The second kappa shape index (κ2) is 4.76. The lowest BCUT2D eigenvalue weighted by Crippen LogP contribution is -2.24. The van der Waals surface area contributed by atoms with Crippen LogP contribution in [0.1, 0.15) is 21.7 Å². The van der Waals surface area contributed by atoms with Crippen LogP contribution in [0.3, 0.4) is 0 Å². The van der Waals surface area contributed by atoms with Gasteiger partial charge in [0.2, 0.25) is 5.91 Å². The van der Waals surface area contributed by atoms with Crippen LogP contribution in [-0.2, 0) is 24.8 Å². The number of nitrogens with zero attached hydrogens (tertiary/aromatic N) is 3. The molecule has 0 unspecified atom stereocenters. The van der Waals surface area contributed by atoms with Crippen molar-refractivity contribution in [2.45, 2.75) is 13.0 Å². The van der Waals surface area contributed by atoms with Crippen LogP contribution in [0.25, 0.3) is 0 Å². The fourth-order valence-electron chi connectivity index (χ4n) is 2.08. The van der Waals surface area contributed by atoms with Crippen LogP contribution >= 0.6 is 0 Å². The predicted molar refractivity (Wildman–Crippen MR) is 70.9 cm³/mol. The first-order valence-corrected chi connectivity index (χ1v) is 6.17.